The fourth-order valence-corrected chi connectivity index (χ4v) is 1.85. The quantitative estimate of drug-likeness (QED) is 0.866. The number of amides is 2. The first-order chi connectivity index (χ1) is 8.16. The Balaban J connectivity index is 1.81. The molecule has 1 heterocycles. The van der Waals surface area contributed by atoms with Gasteiger partial charge in [-0.05, 0) is 18.2 Å². The van der Waals surface area contributed by atoms with Crippen molar-refractivity contribution in [1.82, 2.24) is 10.2 Å². The summed E-state index contributed by atoms with van der Waals surface area (Å²) in [6, 6.07) is 4.42. The zero-order chi connectivity index (χ0) is 12.3. The van der Waals surface area contributed by atoms with Gasteiger partial charge in [0.1, 0.15) is 5.82 Å². The van der Waals surface area contributed by atoms with E-state index in [9.17, 15) is 9.18 Å². The van der Waals surface area contributed by atoms with E-state index in [4.69, 9.17) is 11.6 Å². The van der Waals surface area contributed by atoms with Crippen LogP contribution < -0.4 is 10.6 Å². The van der Waals surface area contributed by atoms with Gasteiger partial charge in [0.15, 0.2) is 0 Å². The third-order valence-electron chi connectivity index (χ3n) is 2.58. The van der Waals surface area contributed by atoms with Gasteiger partial charge in [-0.1, -0.05) is 11.6 Å². The molecule has 0 radical (unpaired) electrons. The standard InChI is InChI=1S/C11H13ClFN3O/c12-9-7-8(1-2-10(9)13)14-3-5-16-6-4-15-11(16)17/h1-2,7,14H,3-6H2,(H,15,17). The van der Waals surface area contributed by atoms with Gasteiger partial charge in [0.2, 0.25) is 0 Å². The average molecular weight is 258 g/mol. The Morgan fingerprint density at radius 1 is 1.53 bits per heavy atom. The second kappa shape index (κ2) is 5.23. The molecule has 0 atom stereocenters. The fourth-order valence-electron chi connectivity index (χ4n) is 1.67. The van der Waals surface area contributed by atoms with Crippen LogP contribution >= 0.6 is 11.6 Å². The fraction of sp³-hybridized carbons (Fsp3) is 0.364. The molecule has 1 aliphatic heterocycles. The Hall–Kier alpha value is -1.49. The van der Waals surface area contributed by atoms with E-state index in [2.05, 4.69) is 10.6 Å². The number of rotatable bonds is 4. The van der Waals surface area contributed by atoms with Crippen LogP contribution in [0, 0.1) is 5.82 Å². The topological polar surface area (TPSA) is 44.4 Å². The Bertz CT molecular complexity index is 427. The highest BCUT2D eigenvalue weighted by Gasteiger charge is 2.18. The Morgan fingerprint density at radius 2 is 2.35 bits per heavy atom. The van der Waals surface area contributed by atoms with E-state index >= 15 is 0 Å². The molecule has 0 saturated carbocycles. The van der Waals surface area contributed by atoms with Crippen molar-refractivity contribution < 1.29 is 9.18 Å². The number of carbonyl (C=O) groups is 1. The van der Waals surface area contributed by atoms with Crippen LogP contribution in [0.4, 0.5) is 14.9 Å². The van der Waals surface area contributed by atoms with Crippen LogP contribution in [-0.4, -0.2) is 37.1 Å². The Labute approximate surface area is 104 Å². The van der Waals surface area contributed by atoms with Gasteiger partial charge in [0.25, 0.3) is 0 Å². The molecule has 1 aliphatic rings. The zero-order valence-corrected chi connectivity index (χ0v) is 9.93. The summed E-state index contributed by atoms with van der Waals surface area (Å²) < 4.78 is 12.9. The van der Waals surface area contributed by atoms with Gasteiger partial charge in [0.05, 0.1) is 5.02 Å². The minimum Gasteiger partial charge on any atom is -0.383 e. The highest BCUT2D eigenvalue weighted by atomic mass is 35.5. The van der Waals surface area contributed by atoms with Crippen LogP contribution in [0.3, 0.4) is 0 Å². The molecule has 92 valence electrons. The number of hydrogen-bond donors (Lipinski definition) is 2. The average Bonchev–Trinajstić information content (AvgIpc) is 2.70. The van der Waals surface area contributed by atoms with Gasteiger partial charge in [-0.3, -0.25) is 0 Å². The molecule has 2 N–H and O–H groups in total. The van der Waals surface area contributed by atoms with E-state index in [1.54, 1.807) is 11.0 Å². The lowest BCUT2D eigenvalue weighted by atomic mass is 10.3. The van der Waals surface area contributed by atoms with Gasteiger partial charge in [-0.2, -0.15) is 0 Å². The van der Waals surface area contributed by atoms with Crippen molar-refractivity contribution in [3.05, 3.63) is 29.0 Å². The summed E-state index contributed by atoms with van der Waals surface area (Å²) in [5.74, 6) is -0.434. The molecule has 1 aromatic carbocycles. The molecule has 0 unspecified atom stereocenters. The van der Waals surface area contributed by atoms with E-state index in [0.29, 0.717) is 19.6 Å². The summed E-state index contributed by atoms with van der Waals surface area (Å²) in [5.41, 5.74) is 0.746. The lowest BCUT2D eigenvalue weighted by molar-refractivity contribution is 0.219. The molecular weight excluding hydrogens is 245 g/mol. The molecule has 17 heavy (non-hydrogen) atoms. The molecule has 1 aromatic rings. The van der Waals surface area contributed by atoms with Crippen LogP contribution in [0.2, 0.25) is 5.02 Å². The molecule has 0 aliphatic carbocycles. The minimum absolute atomic E-state index is 0.0380. The Kier molecular flexibility index (Phi) is 3.68. The summed E-state index contributed by atoms with van der Waals surface area (Å²) in [4.78, 5) is 13.0. The number of hydrogen-bond acceptors (Lipinski definition) is 2. The first-order valence-corrected chi connectivity index (χ1v) is 5.76. The number of urea groups is 1. The third kappa shape index (κ3) is 3.00. The minimum atomic E-state index is -0.434. The van der Waals surface area contributed by atoms with Gasteiger partial charge in [-0.15, -0.1) is 0 Å². The van der Waals surface area contributed by atoms with Crippen molar-refractivity contribution in [2.45, 2.75) is 0 Å². The van der Waals surface area contributed by atoms with Gasteiger partial charge >= 0.3 is 6.03 Å². The molecule has 0 spiro atoms. The van der Waals surface area contributed by atoms with E-state index in [-0.39, 0.29) is 11.1 Å². The van der Waals surface area contributed by atoms with E-state index < -0.39 is 5.82 Å². The van der Waals surface area contributed by atoms with Crippen molar-refractivity contribution in [2.75, 3.05) is 31.5 Å². The van der Waals surface area contributed by atoms with Crippen molar-refractivity contribution in [3.63, 3.8) is 0 Å². The highest BCUT2D eigenvalue weighted by molar-refractivity contribution is 6.31. The van der Waals surface area contributed by atoms with Crippen LogP contribution in [-0.2, 0) is 0 Å². The molecule has 1 saturated heterocycles. The molecule has 1 fully saturated rings. The molecule has 4 nitrogen and oxygen atoms in total. The van der Waals surface area contributed by atoms with Crippen molar-refractivity contribution in [3.8, 4) is 0 Å². The number of nitrogens with one attached hydrogen (secondary N) is 2. The first kappa shape index (κ1) is 12.0. The smallest absolute Gasteiger partial charge is 0.317 e. The van der Waals surface area contributed by atoms with Crippen molar-refractivity contribution in [2.24, 2.45) is 0 Å². The van der Waals surface area contributed by atoms with Crippen molar-refractivity contribution in [1.29, 1.82) is 0 Å². The maximum atomic E-state index is 12.9. The normalized spacial score (nSPS) is 14.9. The number of carbonyl (C=O) groups excluding carboxylic acids is 1. The lowest BCUT2D eigenvalue weighted by Crippen LogP contribution is -2.32. The van der Waals surface area contributed by atoms with E-state index in [1.807, 2.05) is 0 Å². The molecule has 0 aromatic heterocycles. The van der Waals surface area contributed by atoms with Crippen LogP contribution in [0.5, 0.6) is 0 Å². The van der Waals surface area contributed by atoms with Crippen LogP contribution in [0.25, 0.3) is 0 Å². The largest absolute Gasteiger partial charge is 0.383 e. The summed E-state index contributed by atoms with van der Waals surface area (Å²) in [6.07, 6.45) is 0. The highest BCUT2D eigenvalue weighted by Crippen LogP contribution is 2.19. The van der Waals surface area contributed by atoms with E-state index in [0.717, 1.165) is 12.2 Å². The predicted octanol–water partition coefficient (Wildman–Crippen LogP) is 1.92. The first-order valence-electron chi connectivity index (χ1n) is 5.38. The third-order valence-corrected chi connectivity index (χ3v) is 2.87. The summed E-state index contributed by atoms with van der Waals surface area (Å²) in [6.45, 7) is 2.64. The molecule has 2 rings (SSSR count). The summed E-state index contributed by atoms with van der Waals surface area (Å²) in [5, 5.41) is 5.90. The zero-order valence-electron chi connectivity index (χ0n) is 9.17. The SMILES string of the molecule is O=C1NCCN1CCNc1ccc(F)c(Cl)c1. The second-order valence-electron chi connectivity index (χ2n) is 3.77. The monoisotopic (exact) mass is 257 g/mol. The molecule has 6 heteroatoms. The lowest BCUT2D eigenvalue weighted by Gasteiger charge is -2.15. The van der Waals surface area contributed by atoms with E-state index in [1.165, 1.54) is 12.1 Å². The van der Waals surface area contributed by atoms with Gasteiger partial charge in [-0.25, -0.2) is 9.18 Å². The van der Waals surface area contributed by atoms with Crippen LogP contribution in [0.1, 0.15) is 0 Å². The van der Waals surface area contributed by atoms with Crippen LogP contribution in [0.15, 0.2) is 18.2 Å². The second-order valence-corrected chi connectivity index (χ2v) is 4.18. The van der Waals surface area contributed by atoms with Gasteiger partial charge in [0, 0.05) is 31.9 Å². The molecule has 0 bridgehead atoms. The Morgan fingerprint density at radius 3 is 3.00 bits per heavy atom. The summed E-state index contributed by atoms with van der Waals surface area (Å²) in [7, 11) is 0. The number of nitrogens with zero attached hydrogens (tertiary/aromatic N) is 1. The summed E-state index contributed by atoms with van der Waals surface area (Å²) >= 11 is 5.65. The van der Waals surface area contributed by atoms with Crippen molar-refractivity contribution >= 4 is 23.3 Å². The maximum absolute atomic E-state index is 12.9. The predicted molar refractivity (Wildman–Crippen MR) is 64.9 cm³/mol. The molecular formula is C11H13ClFN3O. The van der Waals surface area contributed by atoms with Gasteiger partial charge < -0.3 is 15.5 Å². The number of benzene rings is 1. The molecule has 2 amide bonds. The number of anilines is 1. The number of halogens is 2. The maximum Gasteiger partial charge on any atom is 0.317 e.